The van der Waals surface area contributed by atoms with E-state index < -0.39 is 0 Å². The minimum atomic E-state index is 0.167. The highest BCUT2D eigenvalue weighted by atomic mass is 32.1. The number of hydrogen-bond acceptors (Lipinski definition) is 4. The molecule has 0 radical (unpaired) electrons. The zero-order valence-corrected chi connectivity index (χ0v) is 12.7. The van der Waals surface area contributed by atoms with Gasteiger partial charge in [0.05, 0.1) is 6.61 Å². The summed E-state index contributed by atoms with van der Waals surface area (Å²) >= 11 is 1.82. The summed E-state index contributed by atoms with van der Waals surface area (Å²) in [7, 11) is 1.72. The summed E-state index contributed by atoms with van der Waals surface area (Å²) in [5, 5.41) is 3.49. The van der Waals surface area contributed by atoms with E-state index in [2.05, 4.69) is 38.2 Å². The van der Waals surface area contributed by atoms with Crippen LogP contribution < -0.4 is 5.32 Å². The number of methoxy groups -OCH3 is 1. The van der Waals surface area contributed by atoms with Crippen molar-refractivity contribution in [2.75, 3.05) is 20.3 Å². The van der Waals surface area contributed by atoms with Crippen molar-refractivity contribution < 1.29 is 9.47 Å². The topological polar surface area (TPSA) is 30.5 Å². The van der Waals surface area contributed by atoms with E-state index in [0.29, 0.717) is 6.61 Å². The Morgan fingerprint density at radius 3 is 2.56 bits per heavy atom. The monoisotopic (exact) mass is 271 g/mol. The number of ether oxygens (including phenoxy) is 2. The third-order valence-corrected chi connectivity index (χ3v) is 3.45. The van der Waals surface area contributed by atoms with Crippen LogP contribution in [0.25, 0.3) is 0 Å². The van der Waals surface area contributed by atoms with Crippen LogP contribution >= 0.6 is 11.3 Å². The van der Waals surface area contributed by atoms with Gasteiger partial charge in [0.1, 0.15) is 0 Å². The maximum atomic E-state index is 5.59. The molecule has 1 rings (SSSR count). The van der Waals surface area contributed by atoms with Gasteiger partial charge in [-0.05, 0) is 39.3 Å². The maximum absolute atomic E-state index is 5.59. The predicted molar refractivity (Wildman–Crippen MR) is 77.1 cm³/mol. The SMILES string of the molecule is COCCCOCc1ccc(CNC(C)(C)C)s1. The van der Waals surface area contributed by atoms with Gasteiger partial charge in [0, 0.05) is 42.2 Å². The van der Waals surface area contributed by atoms with Crippen LogP contribution in [0.4, 0.5) is 0 Å². The summed E-state index contributed by atoms with van der Waals surface area (Å²) in [4.78, 5) is 2.65. The lowest BCUT2D eigenvalue weighted by Gasteiger charge is -2.19. The van der Waals surface area contributed by atoms with Crippen molar-refractivity contribution in [3.05, 3.63) is 21.9 Å². The Hall–Kier alpha value is -0.420. The van der Waals surface area contributed by atoms with Gasteiger partial charge in [-0.2, -0.15) is 0 Å². The van der Waals surface area contributed by atoms with Gasteiger partial charge >= 0.3 is 0 Å². The lowest BCUT2D eigenvalue weighted by Crippen LogP contribution is -2.34. The van der Waals surface area contributed by atoms with Crippen LogP contribution in [0.1, 0.15) is 36.9 Å². The van der Waals surface area contributed by atoms with Gasteiger partial charge in [-0.3, -0.25) is 0 Å². The molecule has 0 atom stereocenters. The van der Waals surface area contributed by atoms with Crippen LogP contribution in [-0.4, -0.2) is 25.9 Å². The molecule has 0 unspecified atom stereocenters. The van der Waals surface area contributed by atoms with E-state index in [0.717, 1.165) is 26.2 Å². The molecular formula is C14H25NO2S. The van der Waals surface area contributed by atoms with Crippen LogP contribution in [0.2, 0.25) is 0 Å². The molecule has 1 N–H and O–H groups in total. The Kier molecular flexibility index (Phi) is 6.86. The van der Waals surface area contributed by atoms with Gasteiger partial charge in [0.2, 0.25) is 0 Å². The second-order valence-electron chi connectivity index (χ2n) is 5.37. The molecule has 0 saturated carbocycles. The van der Waals surface area contributed by atoms with Crippen molar-refractivity contribution in [3.63, 3.8) is 0 Å². The molecule has 0 amide bonds. The summed E-state index contributed by atoms with van der Waals surface area (Å²) in [5.41, 5.74) is 0.167. The first-order chi connectivity index (χ1) is 8.51. The summed E-state index contributed by atoms with van der Waals surface area (Å²) < 4.78 is 10.6. The third-order valence-electron chi connectivity index (χ3n) is 2.39. The third kappa shape index (κ3) is 7.11. The average Bonchev–Trinajstić information content (AvgIpc) is 2.73. The highest BCUT2D eigenvalue weighted by molar-refractivity contribution is 7.11. The zero-order chi connectivity index (χ0) is 13.4. The Labute approximate surface area is 114 Å². The fourth-order valence-electron chi connectivity index (χ4n) is 1.43. The summed E-state index contributed by atoms with van der Waals surface area (Å²) in [6, 6.07) is 4.33. The van der Waals surface area contributed by atoms with E-state index in [1.807, 2.05) is 11.3 Å². The highest BCUT2D eigenvalue weighted by Gasteiger charge is 2.09. The van der Waals surface area contributed by atoms with E-state index >= 15 is 0 Å². The van der Waals surface area contributed by atoms with Gasteiger partial charge in [-0.15, -0.1) is 11.3 Å². The van der Waals surface area contributed by atoms with Crippen molar-refractivity contribution >= 4 is 11.3 Å². The summed E-state index contributed by atoms with van der Waals surface area (Å²) in [5.74, 6) is 0. The van der Waals surface area contributed by atoms with Crippen LogP contribution in [0.3, 0.4) is 0 Å². The number of hydrogen-bond donors (Lipinski definition) is 1. The molecule has 3 nitrogen and oxygen atoms in total. The zero-order valence-electron chi connectivity index (χ0n) is 11.9. The molecule has 0 bridgehead atoms. The van der Waals surface area contributed by atoms with Crippen molar-refractivity contribution in [2.45, 2.75) is 45.9 Å². The largest absolute Gasteiger partial charge is 0.385 e. The highest BCUT2D eigenvalue weighted by Crippen LogP contribution is 2.18. The molecule has 0 aliphatic rings. The van der Waals surface area contributed by atoms with E-state index in [1.165, 1.54) is 9.75 Å². The molecular weight excluding hydrogens is 246 g/mol. The number of rotatable bonds is 8. The molecule has 104 valence electrons. The first-order valence-corrected chi connectivity index (χ1v) is 7.22. The van der Waals surface area contributed by atoms with E-state index in [-0.39, 0.29) is 5.54 Å². The van der Waals surface area contributed by atoms with E-state index in [1.54, 1.807) is 7.11 Å². The minimum absolute atomic E-state index is 0.167. The van der Waals surface area contributed by atoms with Crippen molar-refractivity contribution in [3.8, 4) is 0 Å². The Morgan fingerprint density at radius 1 is 1.17 bits per heavy atom. The summed E-state index contributed by atoms with van der Waals surface area (Å²) in [6.45, 7) is 9.72. The predicted octanol–water partition coefficient (Wildman–Crippen LogP) is 3.19. The van der Waals surface area contributed by atoms with Gasteiger partial charge < -0.3 is 14.8 Å². The standard InChI is InChI=1S/C14H25NO2S/c1-14(2,3)15-10-12-6-7-13(18-12)11-17-9-5-8-16-4/h6-7,15H,5,8-11H2,1-4H3. The Morgan fingerprint density at radius 2 is 1.89 bits per heavy atom. The lowest BCUT2D eigenvalue weighted by molar-refractivity contribution is 0.0943. The van der Waals surface area contributed by atoms with Crippen molar-refractivity contribution in [2.24, 2.45) is 0 Å². The molecule has 0 aliphatic carbocycles. The van der Waals surface area contributed by atoms with Crippen molar-refractivity contribution in [1.82, 2.24) is 5.32 Å². The van der Waals surface area contributed by atoms with E-state index in [4.69, 9.17) is 9.47 Å². The van der Waals surface area contributed by atoms with Crippen LogP contribution in [-0.2, 0) is 22.6 Å². The van der Waals surface area contributed by atoms with Crippen LogP contribution in [0.5, 0.6) is 0 Å². The smallest absolute Gasteiger partial charge is 0.0809 e. The molecule has 0 saturated heterocycles. The fraction of sp³-hybridized carbons (Fsp3) is 0.714. The quantitative estimate of drug-likeness (QED) is 0.737. The number of thiophene rings is 1. The molecule has 0 spiro atoms. The van der Waals surface area contributed by atoms with E-state index in [9.17, 15) is 0 Å². The van der Waals surface area contributed by atoms with Crippen molar-refractivity contribution in [1.29, 1.82) is 0 Å². The molecule has 1 heterocycles. The second-order valence-corrected chi connectivity index (χ2v) is 6.62. The first-order valence-electron chi connectivity index (χ1n) is 6.40. The van der Waals surface area contributed by atoms with Gasteiger partial charge in [0.15, 0.2) is 0 Å². The number of nitrogens with one attached hydrogen (secondary N) is 1. The maximum Gasteiger partial charge on any atom is 0.0809 e. The normalized spacial score (nSPS) is 12.0. The molecule has 0 fully saturated rings. The van der Waals surface area contributed by atoms with Gasteiger partial charge in [-0.25, -0.2) is 0 Å². The molecule has 0 aliphatic heterocycles. The Balaban J connectivity index is 2.22. The molecule has 4 heteroatoms. The fourth-order valence-corrected chi connectivity index (χ4v) is 2.32. The first kappa shape index (κ1) is 15.6. The Bertz CT molecular complexity index is 331. The molecule has 1 aromatic rings. The van der Waals surface area contributed by atoms with Crippen LogP contribution in [0.15, 0.2) is 12.1 Å². The minimum Gasteiger partial charge on any atom is -0.385 e. The molecule has 1 aromatic heterocycles. The van der Waals surface area contributed by atoms with Gasteiger partial charge in [-0.1, -0.05) is 0 Å². The second kappa shape index (κ2) is 7.89. The average molecular weight is 271 g/mol. The van der Waals surface area contributed by atoms with Crippen LogP contribution in [0, 0.1) is 0 Å². The summed E-state index contributed by atoms with van der Waals surface area (Å²) in [6.07, 6.45) is 0.959. The van der Waals surface area contributed by atoms with Gasteiger partial charge in [0.25, 0.3) is 0 Å². The molecule has 0 aromatic carbocycles. The molecule has 18 heavy (non-hydrogen) atoms. The lowest BCUT2D eigenvalue weighted by atomic mass is 10.1.